The van der Waals surface area contributed by atoms with Gasteiger partial charge in [0.25, 0.3) is 5.79 Å². The second-order valence-electron chi connectivity index (χ2n) is 9.21. The molecule has 0 aromatic heterocycles. The zero-order valence-electron chi connectivity index (χ0n) is 20.0. The largest absolute Gasteiger partial charge is 0.465 e. The Balaban J connectivity index is 2.49. The molecule has 6 nitrogen and oxygen atoms in total. The summed E-state index contributed by atoms with van der Waals surface area (Å²) in [6.45, 7) is 6.02. The fourth-order valence-corrected chi connectivity index (χ4v) is 4.60. The second-order valence-corrected chi connectivity index (χ2v) is 9.21. The van der Waals surface area contributed by atoms with E-state index in [1.807, 2.05) is 0 Å². The van der Waals surface area contributed by atoms with Crippen LogP contribution in [0.2, 0.25) is 0 Å². The maximum atomic E-state index is 11.5. The molecule has 0 spiro atoms. The lowest BCUT2D eigenvalue weighted by atomic mass is 9.88. The summed E-state index contributed by atoms with van der Waals surface area (Å²) in [7, 11) is 1.14. The average molecular weight is 441 g/mol. The van der Waals surface area contributed by atoms with E-state index < -0.39 is 11.8 Å². The lowest BCUT2D eigenvalue weighted by Gasteiger charge is -2.23. The third-order valence-corrected chi connectivity index (χ3v) is 6.46. The Kier molecular flexibility index (Phi) is 13.0. The highest BCUT2D eigenvalue weighted by Gasteiger charge is 2.37. The Bertz CT molecular complexity index is 556. The molecule has 0 saturated heterocycles. The molecule has 0 amide bonds. The van der Waals surface area contributed by atoms with E-state index in [2.05, 4.69) is 30.7 Å². The standard InChI is InChI=1S/C25H44O6/c1-5-6-12-19(2)13-9-10-14-21-16-17-23(31-20(3)26)22(21)15-8-7-11-18-25(28,29)24(27)30-4/h10,14,19,21-23,28-29H,5-9,11-13,15-18H2,1-4H3/t19-,21-,22+,23-/m0/s1. The first-order valence-electron chi connectivity index (χ1n) is 12.1. The van der Waals surface area contributed by atoms with Crippen LogP contribution in [0.15, 0.2) is 12.2 Å². The van der Waals surface area contributed by atoms with Crippen molar-refractivity contribution in [2.24, 2.45) is 17.8 Å². The number of ether oxygens (including phenoxy) is 2. The highest BCUT2D eigenvalue weighted by Crippen LogP contribution is 2.39. The van der Waals surface area contributed by atoms with E-state index in [1.54, 1.807) is 0 Å². The van der Waals surface area contributed by atoms with Crippen LogP contribution < -0.4 is 0 Å². The van der Waals surface area contributed by atoms with Gasteiger partial charge in [0.2, 0.25) is 0 Å². The highest BCUT2D eigenvalue weighted by molar-refractivity contribution is 5.76. The normalized spacial score (nSPS) is 22.6. The van der Waals surface area contributed by atoms with Crippen molar-refractivity contribution in [1.82, 2.24) is 0 Å². The summed E-state index contributed by atoms with van der Waals surface area (Å²) in [5.41, 5.74) is 0. The van der Waals surface area contributed by atoms with E-state index >= 15 is 0 Å². The fraction of sp³-hybridized carbons (Fsp3) is 0.840. The number of allylic oxidation sites excluding steroid dienone is 2. The topological polar surface area (TPSA) is 93.1 Å². The molecule has 2 N–H and O–H groups in total. The molecule has 0 radical (unpaired) electrons. The molecule has 1 aliphatic rings. The SMILES string of the molecule is CCCC[C@H](C)CCC=C[C@H]1CC[C@H](OC(C)=O)[C@@H]1CCCCCC(O)(O)C(=O)OC. The smallest absolute Gasteiger partial charge is 0.366 e. The van der Waals surface area contributed by atoms with Gasteiger partial charge in [-0.15, -0.1) is 0 Å². The van der Waals surface area contributed by atoms with Crippen molar-refractivity contribution < 1.29 is 29.3 Å². The van der Waals surface area contributed by atoms with Crippen molar-refractivity contribution in [2.75, 3.05) is 7.11 Å². The monoisotopic (exact) mass is 440 g/mol. The van der Waals surface area contributed by atoms with Gasteiger partial charge in [-0.05, 0) is 50.4 Å². The number of hydrogen-bond donors (Lipinski definition) is 2. The number of carbonyl (C=O) groups excluding carboxylic acids is 2. The number of esters is 2. The van der Waals surface area contributed by atoms with Gasteiger partial charge in [0.1, 0.15) is 6.10 Å². The van der Waals surface area contributed by atoms with Crippen LogP contribution in [0.3, 0.4) is 0 Å². The molecule has 6 heteroatoms. The third-order valence-electron chi connectivity index (χ3n) is 6.46. The zero-order valence-corrected chi connectivity index (χ0v) is 20.0. The highest BCUT2D eigenvalue weighted by atomic mass is 16.6. The van der Waals surface area contributed by atoms with E-state index in [0.29, 0.717) is 18.3 Å². The summed E-state index contributed by atoms with van der Waals surface area (Å²) in [5, 5.41) is 19.4. The first kappa shape index (κ1) is 27.6. The van der Waals surface area contributed by atoms with Crippen LogP contribution in [0.5, 0.6) is 0 Å². The number of methoxy groups -OCH3 is 1. The van der Waals surface area contributed by atoms with E-state index in [4.69, 9.17) is 4.74 Å². The summed E-state index contributed by atoms with van der Waals surface area (Å²) in [6.07, 6.45) is 15.7. The molecule has 0 aliphatic heterocycles. The van der Waals surface area contributed by atoms with Gasteiger partial charge in [-0.2, -0.15) is 0 Å². The Morgan fingerprint density at radius 3 is 2.52 bits per heavy atom. The van der Waals surface area contributed by atoms with E-state index in [0.717, 1.165) is 51.6 Å². The van der Waals surface area contributed by atoms with Crippen LogP contribution in [0.4, 0.5) is 0 Å². The Morgan fingerprint density at radius 1 is 1.13 bits per heavy atom. The summed E-state index contributed by atoms with van der Waals surface area (Å²) < 4.78 is 9.99. The maximum absolute atomic E-state index is 11.5. The number of carbonyl (C=O) groups is 2. The molecule has 31 heavy (non-hydrogen) atoms. The first-order chi connectivity index (χ1) is 14.7. The number of rotatable bonds is 15. The van der Waals surface area contributed by atoms with Gasteiger partial charge in [-0.3, -0.25) is 4.79 Å². The molecule has 4 atom stereocenters. The van der Waals surface area contributed by atoms with Crippen molar-refractivity contribution >= 4 is 11.9 Å². The molecule has 180 valence electrons. The van der Waals surface area contributed by atoms with Gasteiger partial charge in [-0.25, -0.2) is 4.79 Å². The molecule has 1 aliphatic carbocycles. The molecule has 0 heterocycles. The predicted octanol–water partition coefficient (Wildman–Crippen LogP) is 4.91. The lowest BCUT2D eigenvalue weighted by Crippen LogP contribution is -2.39. The molecule has 1 fully saturated rings. The minimum atomic E-state index is -2.41. The Labute approximate surface area is 188 Å². The number of aliphatic hydroxyl groups is 2. The van der Waals surface area contributed by atoms with Crippen molar-refractivity contribution in [3.63, 3.8) is 0 Å². The molecular weight excluding hydrogens is 396 g/mol. The predicted molar refractivity (Wildman–Crippen MR) is 121 cm³/mol. The van der Waals surface area contributed by atoms with Crippen molar-refractivity contribution in [3.05, 3.63) is 12.2 Å². The molecule has 0 bridgehead atoms. The van der Waals surface area contributed by atoms with E-state index in [1.165, 1.54) is 32.6 Å². The van der Waals surface area contributed by atoms with Gasteiger partial charge in [-0.1, -0.05) is 58.1 Å². The molecule has 0 aromatic carbocycles. The van der Waals surface area contributed by atoms with Crippen LogP contribution in [0, 0.1) is 17.8 Å². The van der Waals surface area contributed by atoms with Gasteiger partial charge in [0, 0.05) is 19.3 Å². The Morgan fingerprint density at radius 2 is 1.87 bits per heavy atom. The van der Waals surface area contributed by atoms with Gasteiger partial charge in [0.05, 0.1) is 7.11 Å². The van der Waals surface area contributed by atoms with Crippen LogP contribution in [-0.2, 0) is 19.1 Å². The van der Waals surface area contributed by atoms with Gasteiger partial charge in [0.15, 0.2) is 0 Å². The van der Waals surface area contributed by atoms with Crippen LogP contribution in [-0.4, -0.2) is 41.2 Å². The number of unbranched alkanes of at least 4 members (excludes halogenated alkanes) is 3. The van der Waals surface area contributed by atoms with Crippen LogP contribution in [0.1, 0.15) is 97.8 Å². The third kappa shape index (κ3) is 10.6. The lowest BCUT2D eigenvalue weighted by molar-refractivity contribution is -0.209. The first-order valence-corrected chi connectivity index (χ1v) is 12.1. The summed E-state index contributed by atoms with van der Waals surface area (Å²) >= 11 is 0. The summed E-state index contributed by atoms with van der Waals surface area (Å²) in [5.74, 6) is -2.19. The molecule has 0 unspecified atom stereocenters. The summed E-state index contributed by atoms with van der Waals surface area (Å²) in [6, 6.07) is 0. The second kappa shape index (κ2) is 14.6. The van der Waals surface area contributed by atoms with Crippen molar-refractivity contribution in [1.29, 1.82) is 0 Å². The van der Waals surface area contributed by atoms with Crippen molar-refractivity contribution in [2.45, 2.75) is 110 Å². The number of hydrogen-bond acceptors (Lipinski definition) is 6. The Hall–Kier alpha value is -1.40. The maximum Gasteiger partial charge on any atom is 0.366 e. The fourth-order valence-electron chi connectivity index (χ4n) is 4.60. The van der Waals surface area contributed by atoms with Gasteiger partial charge >= 0.3 is 11.9 Å². The average Bonchev–Trinajstić information content (AvgIpc) is 3.09. The molecular formula is C25H44O6. The van der Waals surface area contributed by atoms with E-state index in [9.17, 15) is 19.8 Å². The van der Waals surface area contributed by atoms with Crippen LogP contribution in [0.25, 0.3) is 0 Å². The minimum absolute atomic E-state index is 0.0412. The molecule has 1 saturated carbocycles. The molecule has 1 rings (SSSR count). The quantitative estimate of drug-likeness (QED) is 0.163. The van der Waals surface area contributed by atoms with E-state index in [-0.39, 0.29) is 18.5 Å². The molecule has 0 aromatic rings. The van der Waals surface area contributed by atoms with Crippen molar-refractivity contribution in [3.8, 4) is 0 Å². The summed E-state index contributed by atoms with van der Waals surface area (Å²) in [4.78, 5) is 22.8. The zero-order chi connectivity index (χ0) is 23.3. The van der Waals surface area contributed by atoms with Crippen LogP contribution >= 0.6 is 0 Å². The van der Waals surface area contributed by atoms with Gasteiger partial charge < -0.3 is 19.7 Å². The minimum Gasteiger partial charge on any atom is -0.465 e.